The molecule has 22 heavy (non-hydrogen) atoms. The SMILES string of the molecule is CCC1(C(C)(C)C)C(C)(C)NC(C)C(C)(C(C)(C)C)[N+]1(C)C. The lowest BCUT2D eigenvalue weighted by Crippen LogP contribution is -2.92. The zero-order valence-electron chi connectivity index (χ0n) is 17.7. The van der Waals surface area contributed by atoms with Crippen LogP contribution in [0.2, 0.25) is 0 Å². The summed E-state index contributed by atoms with van der Waals surface area (Å²) in [6, 6.07) is 0.458. The van der Waals surface area contributed by atoms with Gasteiger partial charge in [0.05, 0.1) is 25.7 Å². The molecule has 1 saturated heterocycles. The van der Waals surface area contributed by atoms with Crippen LogP contribution in [0.1, 0.15) is 82.6 Å². The third-order valence-corrected chi connectivity index (χ3v) is 7.84. The number of quaternary nitrogens is 1. The zero-order chi connectivity index (χ0) is 18.0. The summed E-state index contributed by atoms with van der Waals surface area (Å²) in [6.45, 7) is 26.6. The molecule has 0 bridgehead atoms. The normalized spacial score (nSPS) is 38.9. The fourth-order valence-corrected chi connectivity index (χ4v) is 7.01. The van der Waals surface area contributed by atoms with Crippen molar-refractivity contribution in [1.82, 2.24) is 5.32 Å². The van der Waals surface area contributed by atoms with Crippen LogP contribution >= 0.6 is 0 Å². The molecule has 0 amide bonds. The summed E-state index contributed by atoms with van der Waals surface area (Å²) in [6.07, 6.45) is 1.17. The average Bonchev–Trinajstić information content (AvgIpc) is 2.22. The molecule has 1 fully saturated rings. The number of likely N-dealkylation sites (N-methyl/N-ethyl adjacent to an activating group) is 1. The molecular weight excluding hydrogens is 268 g/mol. The maximum atomic E-state index is 4.04. The monoisotopic (exact) mass is 311 g/mol. The molecule has 0 radical (unpaired) electrons. The predicted molar refractivity (Wildman–Crippen MR) is 99.1 cm³/mol. The first-order valence-corrected chi connectivity index (χ1v) is 9.06. The fourth-order valence-electron chi connectivity index (χ4n) is 7.01. The van der Waals surface area contributed by atoms with Crippen molar-refractivity contribution in [2.45, 2.75) is 105 Å². The van der Waals surface area contributed by atoms with E-state index in [2.05, 4.69) is 95.6 Å². The highest BCUT2D eigenvalue weighted by Crippen LogP contribution is 2.59. The van der Waals surface area contributed by atoms with Crippen LogP contribution in [0.15, 0.2) is 0 Å². The van der Waals surface area contributed by atoms with Gasteiger partial charge in [-0.05, 0) is 27.7 Å². The average molecular weight is 312 g/mol. The van der Waals surface area contributed by atoms with Crippen molar-refractivity contribution >= 4 is 0 Å². The second kappa shape index (κ2) is 4.96. The van der Waals surface area contributed by atoms with E-state index in [1.54, 1.807) is 0 Å². The molecule has 0 aromatic carbocycles. The summed E-state index contributed by atoms with van der Waals surface area (Å²) >= 11 is 0. The van der Waals surface area contributed by atoms with Crippen molar-refractivity contribution in [3.8, 4) is 0 Å². The Morgan fingerprint density at radius 2 is 1.32 bits per heavy atom. The van der Waals surface area contributed by atoms with Gasteiger partial charge in [0.2, 0.25) is 0 Å². The molecule has 1 aliphatic heterocycles. The highest BCUT2D eigenvalue weighted by Gasteiger charge is 2.73. The van der Waals surface area contributed by atoms with Crippen LogP contribution in [-0.2, 0) is 0 Å². The van der Waals surface area contributed by atoms with Crippen molar-refractivity contribution in [2.75, 3.05) is 14.1 Å². The number of hydrogen-bond acceptors (Lipinski definition) is 1. The van der Waals surface area contributed by atoms with Gasteiger partial charge in [0.1, 0.15) is 11.1 Å². The molecule has 1 aliphatic rings. The third-order valence-electron chi connectivity index (χ3n) is 7.84. The summed E-state index contributed by atoms with van der Waals surface area (Å²) in [5.74, 6) is 0. The Bertz CT molecular complexity index is 422. The Labute approximate surface area is 140 Å². The van der Waals surface area contributed by atoms with Gasteiger partial charge in [0.15, 0.2) is 0 Å². The first-order chi connectivity index (χ1) is 9.44. The maximum Gasteiger partial charge on any atom is 0.122 e. The Morgan fingerprint density at radius 3 is 1.59 bits per heavy atom. The van der Waals surface area contributed by atoms with Crippen molar-refractivity contribution in [3.05, 3.63) is 0 Å². The van der Waals surface area contributed by atoms with Gasteiger partial charge in [-0.25, -0.2) is 0 Å². The van der Waals surface area contributed by atoms with Gasteiger partial charge in [-0.15, -0.1) is 0 Å². The second-order valence-electron chi connectivity index (χ2n) is 10.8. The van der Waals surface area contributed by atoms with E-state index in [1.807, 2.05) is 0 Å². The van der Waals surface area contributed by atoms with Gasteiger partial charge < -0.3 is 4.48 Å². The minimum Gasteiger partial charge on any atom is -0.315 e. The van der Waals surface area contributed by atoms with E-state index in [0.29, 0.717) is 6.04 Å². The number of rotatable bonds is 1. The summed E-state index contributed by atoms with van der Waals surface area (Å²) in [4.78, 5) is 0. The fraction of sp³-hybridized carbons (Fsp3) is 1.00. The minimum absolute atomic E-state index is 0.0771. The predicted octanol–water partition coefficient (Wildman–Crippen LogP) is 4.83. The van der Waals surface area contributed by atoms with E-state index < -0.39 is 0 Å². The molecule has 1 rings (SSSR count). The van der Waals surface area contributed by atoms with E-state index in [0.717, 1.165) is 4.48 Å². The number of nitrogens with one attached hydrogen (secondary N) is 1. The van der Waals surface area contributed by atoms with Gasteiger partial charge in [0.25, 0.3) is 0 Å². The quantitative estimate of drug-likeness (QED) is 0.684. The first kappa shape index (κ1) is 20.0. The van der Waals surface area contributed by atoms with Crippen LogP contribution in [0.3, 0.4) is 0 Å². The van der Waals surface area contributed by atoms with Crippen LogP contribution in [-0.4, -0.2) is 41.2 Å². The molecule has 0 saturated carbocycles. The largest absolute Gasteiger partial charge is 0.315 e. The highest BCUT2D eigenvalue weighted by atomic mass is 15.5. The number of hydrogen-bond donors (Lipinski definition) is 1. The molecule has 0 aliphatic carbocycles. The lowest BCUT2D eigenvalue weighted by Gasteiger charge is -2.75. The van der Waals surface area contributed by atoms with Crippen LogP contribution in [0.4, 0.5) is 0 Å². The Hall–Kier alpha value is -0.0800. The Balaban J connectivity index is 3.83. The molecule has 3 unspecified atom stereocenters. The van der Waals surface area contributed by atoms with Crippen molar-refractivity contribution in [3.63, 3.8) is 0 Å². The van der Waals surface area contributed by atoms with Crippen LogP contribution in [0.25, 0.3) is 0 Å². The van der Waals surface area contributed by atoms with Gasteiger partial charge in [-0.1, -0.05) is 48.5 Å². The van der Waals surface area contributed by atoms with E-state index in [4.69, 9.17) is 0 Å². The highest BCUT2D eigenvalue weighted by molar-refractivity contribution is 5.16. The second-order valence-corrected chi connectivity index (χ2v) is 10.8. The van der Waals surface area contributed by atoms with E-state index in [9.17, 15) is 0 Å². The van der Waals surface area contributed by atoms with E-state index >= 15 is 0 Å². The molecule has 2 nitrogen and oxygen atoms in total. The molecule has 0 aromatic rings. The van der Waals surface area contributed by atoms with Gasteiger partial charge in [-0.2, -0.15) is 0 Å². The lowest BCUT2D eigenvalue weighted by atomic mass is 9.53. The van der Waals surface area contributed by atoms with Crippen LogP contribution in [0, 0.1) is 10.8 Å². The smallest absolute Gasteiger partial charge is 0.122 e. The number of piperazine rings is 1. The molecule has 0 spiro atoms. The minimum atomic E-state index is 0.0771. The summed E-state index contributed by atoms with van der Waals surface area (Å²) in [5.41, 5.74) is 0.785. The first-order valence-electron chi connectivity index (χ1n) is 9.06. The van der Waals surface area contributed by atoms with Crippen molar-refractivity contribution in [1.29, 1.82) is 0 Å². The van der Waals surface area contributed by atoms with Crippen molar-refractivity contribution < 1.29 is 4.48 Å². The van der Waals surface area contributed by atoms with Gasteiger partial charge in [0, 0.05) is 17.3 Å². The van der Waals surface area contributed by atoms with E-state index in [-0.39, 0.29) is 27.4 Å². The Kier molecular flexibility index (Phi) is 4.50. The van der Waals surface area contributed by atoms with Gasteiger partial charge >= 0.3 is 0 Å². The third kappa shape index (κ3) is 2.05. The summed E-state index contributed by atoms with van der Waals surface area (Å²) in [7, 11) is 4.97. The molecule has 0 aromatic heterocycles. The molecular formula is C20H43N2+. The molecule has 2 heteroatoms. The lowest BCUT2D eigenvalue weighted by molar-refractivity contribution is -1.01. The maximum absolute atomic E-state index is 4.04. The molecule has 132 valence electrons. The molecule has 1 heterocycles. The molecule has 1 N–H and O–H groups in total. The van der Waals surface area contributed by atoms with Crippen LogP contribution in [0.5, 0.6) is 0 Å². The van der Waals surface area contributed by atoms with Crippen molar-refractivity contribution in [2.24, 2.45) is 10.8 Å². The zero-order valence-corrected chi connectivity index (χ0v) is 17.7. The standard InChI is InChI=1S/C20H43N2/c1-14-20(17(6,7)8)18(9,10)21-15(2)19(11,16(3,4)5)22(20,12)13/h15,21H,14H2,1-13H3/q+1. The topological polar surface area (TPSA) is 12.0 Å². The Morgan fingerprint density at radius 1 is 0.909 bits per heavy atom. The van der Waals surface area contributed by atoms with Crippen LogP contribution < -0.4 is 5.32 Å². The summed E-state index contributed by atoms with van der Waals surface area (Å²) < 4.78 is 1.05. The summed E-state index contributed by atoms with van der Waals surface area (Å²) in [5, 5.41) is 4.04. The van der Waals surface area contributed by atoms with E-state index in [1.165, 1.54) is 6.42 Å². The van der Waals surface area contributed by atoms with Gasteiger partial charge in [-0.3, -0.25) is 5.32 Å². The molecule has 3 atom stereocenters. The number of nitrogens with zero attached hydrogens (tertiary/aromatic N) is 1.